The van der Waals surface area contributed by atoms with Crippen molar-refractivity contribution in [1.82, 2.24) is 9.97 Å². The van der Waals surface area contributed by atoms with Gasteiger partial charge in [0.15, 0.2) is 0 Å². The van der Waals surface area contributed by atoms with E-state index in [4.69, 9.17) is 0 Å². The van der Waals surface area contributed by atoms with Gasteiger partial charge in [0.05, 0.1) is 11.9 Å². The van der Waals surface area contributed by atoms with Crippen molar-refractivity contribution in [1.29, 1.82) is 0 Å². The molecule has 0 bridgehead atoms. The zero-order chi connectivity index (χ0) is 13.9. The molecule has 3 heterocycles. The number of anilines is 2. The molecule has 0 aromatic carbocycles. The lowest BCUT2D eigenvalue weighted by Gasteiger charge is -2.08. The van der Waals surface area contributed by atoms with E-state index in [1.807, 2.05) is 18.3 Å². The Kier molecular flexibility index (Phi) is 3.84. The van der Waals surface area contributed by atoms with E-state index in [9.17, 15) is 0 Å². The molecule has 20 heavy (non-hydrogen) atoms. The molecule has 0 saturated heterocycles. The summed E-state index contributed by atoms with van der Waals surface area (Å²) >= 11 is 3.45. The van der Waals surface area contributed by atoms with Gasteiger partial charge in [0.2, 0.25) is 5.95 Å². The Bertz CT molecular complexity index is 717. The SMILES string of the molecule is CCNc1nc(NCc2ccc(C)s2)c2ccsc2n1. The fourth-order valence-corrected chi connectivity index (χ4v) is 3.57. The normalized spacial score (nSPS) is 10.9. The van der Waals surface area contributed by atoms with Crippen LogP contribution in [0, 0.1) is 6.92 Å². The molecule has 0 aliphatic rings. The molecular weight excluding hydrogens is 288 g/mol. The third-order valence-corrected chi connectivity index (χ3v) is 4.69. The molecule has 0 saturated carbocycles. The van der Waals surface area contributed by atoms with E-state index in [0.29, 0.717) is 5.95 Å². The summed E-state index contributed by atoms with van der Waals surface area (Å²) in [4.78, 5) is 12.7. The molecule has 0 amide bonds. The van der Waals surface area contributed by atoms with E-state index >= 15 is 0 Å². The van der Waals surface area contributed by atoms with Gasteiger partial charge >= 0.3 is 0 Å². The first-order chi connectivity index (χ1) is 9.76. The van der Waals surface area contributed by atoms with Crippen molar-refractivity contribution >= 4 is 44.7 Å². The van der Waals surface area contributed by atoms with Gasteiger partial charge in [-0.1, -0.05) is 0 Å². The maximum Gasteiger partial charge on any atom is 0.226 e. The maximum absolute atomic E-state index is 4.56. The summed E-state index contributed by atoms with van der Waals surface area (Å²) in [6.07, 6.45) is 0. The lowest BCUT2D eigenvalue weighted by Crippen LogP contribution is -2.06. The minimum Gasteiger partial charge on any atom is -0.364 e. The number of aryl methyl sites for hydroxylation is 1. The van der Waals surface area contributed by atoms with Crippen LogP contribution in [0.2, 0.25) is 0 Å². The van der Waals surface area contributed by atoms with E-state index in [-0.39, 0.29) is 0 Å². The summed E-state index contributed by atoms with van der Waals surface area (Å²) in [6, 6.07) is 6.37. The molecule has 3 aromatic heterocycles. The Balaban J connectivity index is 1.87. The first-order valence-corrected chi connectivity index (χ1v) is 8.24. The van der Waals surface area contributed by atoms with Gasteiger partial charge in [-0.3, -0.25) is 0 Å². The Morgan fingerprint density at radius 1 is 1.15 bits per heavy atom. The van der Waals surface area contributed by atoms with Gasteiger partial charge in [-0.2, -0.15) is 4.98 Å². The summed E-state index contributed by atoms with van der Waals surface area (Å²) < 4.78 is 0. The van der Waals surface area contributed by atoms with Crippen LogP contribution in [0.1, 0.15) is 16.7 Å². The number of nitrogens with one attached hydrogen (secondary N) is 2. The number of rotatable bonds is 5. The summed E-state index contributed by atoms with van der Waals surface area (Å²) in [5, 5.41) is 9.75. The lowest BCUT2D eigenvalue weighted by atomic mass is 10.3. The standard InChI is InChI=1S/C14H16N4S2/c1-3-15-14-17-12(11-6-7-19-13(11)18-14)16-8-10-5-4-9(2)20-10/h4-7H,3,8H2,1-2H3,(H2,15,16,17,18). The fourth-order valence-electron chi connectivity index (χ4n) is 1.98. The zero-order valence-electron chi connectivity index (χ0n) is 11.4. The minimum atomic E-state index is 0.687. The number of thiophene rings is 2. The molecule has 0 spiro atoms. The zero-order valence-corrected chi connectivity index (χ0v) is 13.1. The largest absolute Gasteiger partial charge is 0.364 e. The molecule has 2 N–H and O–H groups in total. The van der Waals surface area contributed by atoms with E-state index < -0.39 is 0 Å². The molecule has 3 aromatic rings. The molecular formula is C14H16N4S2. The highest BCUT2D eigenvalue weighted by Crippen LogP contribution is 2.27. The monoisotopic (exact) mass is 304 g/mol. The Labute approximate surface area is 125 Å². The van der Waals surface area contributed by atoms with E-state index in [2.05, 4.69) is 51.1 Å². The van der Waals surface area contributed by atoms with Crippen LogP contribution < -0.4 is 10.6 Å². The second-order valence-electron chi connectivity index (χ2n) is 4.43. The maximum atomic E-state index is 4.56. The highest BCUT2D eigenvalue weighted by atomic mass is 32.1. The van der Waals surface area contributed by atoms with Gasteiger partial charge in [-0.15, -0.1) is 22.7 Å². The summed E-state index contributed by atoms with van der Waals surface area (Å²) in [6.45, 7) is 5.79. The molecule has 0 unspecified atom stereocenters. The van der Waals surface area contributed by atoms with E-state index in [0.717, 1.165) is 29.1 Å². The van der Waals surface area contributed by atoms with Crippen molar-refractivity contribution < 1.29 is 0 Å². The Hall–Kier alpha value is -1.66. The van der Waals surface area contributed by atoms with Gasteiger partial charge < -0.3 is 10.6 Å². The van der Waals surface area contributed by atoms with Crippen molar-refractivity contribution in [3.05, 3.63) is 33.3 Å². The van der Waals surface area contributed by atoms with E-state index in [1.165, 1.54) is 9.75 Å². The van der Waals surface area contributed by atoms with Crippen molar-refractivity contribution in [2.45, 2.75) is 20.4 Å². The smallest absolute Gasteiger partial charge is 0.226 e. The van der Waals surface area contributed by atoms with Crippen molar-refractivity contribution in [2.24, 2.45) is 0 Å². The molecule has 6 heteroatoms. The molecule has 0 aliphatic heterocycles. The second kappa shape index (κ2) is 5.76. The molecule has 4 nitrogen and oxygen atoms in total. The van der Waals surface area contributed by atoms with Crippen LogP contribution in [0.25, 0.3) is 10.2 Å². The van der Waals surface area contributed by atoms with Crippen molar-refractivity contribution in [2.75, 3.05) is 17.2 Å². The van der Waals surface area contributed by atoms with Gasteiger partial charge in [0, 0.05) is 16.3 Å². The van der Waals surface area contributed by atoms with Crippen LogP contribution in [0.5, 0.6) is 0 Å². The number of hydrogen-bond acceptors (Lipinski definition) is 6. The van der Waals surface area contributed by atoms with Crippen LogP contribution >= 0.6 is 22.7 Å². The van der Waals surface area contributed by atoms with Crippen LogP contribution in [-0.4, -0.2) is 16.5 Å². The summed E-state index contributed by atoms with van der Waals surface area (Å²) in [5.74, 6) is 1.59. The summed E-state index contributed by atoms with van der Waals surface area (Å²) in [5.41, 5.74) is 0. The molecule has 0 radical (unpaired) electrons. The molecule has 0 fully saturated rings. The Morgan fingerprint density at radius 3 is 2.80 bits per heavy atom. The average Bonchev–Trinajstić information content (AvgIpc) is 3.05. The van der Waals surface area contributed by atoms with Crippen molar-refractivity contribution in [3.8, 4) is 0 Å². The topological polar surface area (TPSA) is 49.8 Å². The number of hydrogen-bond donors (Lipinski definition) is 2. The van der Waals surface area contributed by atoms with Gasteiger partial charge in [-0.25, -0.2) is 4.98 Å². The highest BCUT2D eigenvalue weighted by molar-refractivity contribution is 7.16. The Morgan fingerprint density at radius 2 is 2.05 bits per heavy atom. The first kappa shape index (κ1) is 13.3. The van der Waals surface area contributed by atoms with Gasteiger partial charge in [0.25, 0.3) is 0 Å². The third-order valence-electron chi connectivity index (χ3n) is 2.89. The average molecular weight is 304 g/mol. The van der Waals surface area contributed by atoms with Crippen molar-refractivity contribution in [3.63, 3.8) is 0 Å². The minimum absolute atomic E-state index is 0.687. The van der Waals surface area contributed by atoms with Gasteiger partial charge in [-0.05, 0) is 37.4 Å². The number of fused-ring (bicyclic) bond motifs is 1. The second-order valence-corrected chi connectivity index (χ2v) is 6.70. The summed E-state index contributed by atoms with van der Waals surface area (Å²) in [7, 11) is 0. The molecule has 3 rings (SSSR count). The molecule has 0 atom stereocenters. The van der Waals surface area contributed by atoms with Crippen LogP contribution in [0.15, 0.2) is 23.6 Å². The highest BCUT2D eigenvalue weighted by Gasteiger charge is 2.08. The quantitative estimate of drug-likeness (QED) is 0.745. The molecule has 0 aliphatic carbocycles. The predicted octanol–water partition coefficient (Wildman–Crippen LogP) is 4.11. The van der Waals surface area contributed by atoms with E-state index in [1.54, 1.807) is 11.3 Å². The lowest BCUT2D eigenvalue weighted by molar-refractivity contribution is 1.09. The fraction of sp³-hybridized carbons (Fsp3) is 0.286. The predicted molar refractivity (Wildman–Crippen MR) is 88.0 cm³/mol. The van der Waals surface area contributed by atoms with Crippen LogP contribution in [0.4, 0.5) is 11.8 Å². The molecule has 104 valence electrons. The van der Waals surface area contributed by atoms with Gasteiger partial charge in [0.1, 0.15) is 10.6 Å². The number of nitrogens with zero attached hydrogens (tertiary/aromatic N) is 2. The first-order valence-electron chi connectivity index (χ1n) is 6.54. The number of aromatic nitrogens is 2. The van der Waals surface area contributed by atoms with Crippen LogP contribution in [-0.2, 0) is 6.54 Å². The third kappa shape index (κ3) is 2.76. The van der Waals surface area contributed by atoms with Crippen LogP contribution in [0.3, 0.4) is 0 Å².